The average molecular weight is 474 g/mol. The number of piperidine rings is 1. The molecule has 8 heteroatoms. The van der Waals surface area contributed by atoms with Crippen molar-refractivity contribution < 1.29 is 23.9 Å². The summed E-state index contributed by atoms with van der Waals surface area (Å²) < 4.78 is 12.1. The van der Waals surface area contributed by atoms with Crippen LogP contribution < -0.4 is 9.47 Å². The van der Waals surface area contributed by atoms with Crippen molar-refractivity contribution in [2.24, 2.45) is 0 Å². The lowest BCUT2D eigenvalue weighted by Gasteiger charge is -2.45. The van der Waals surface area contributed by atoms with Crippen LogP contribution in [0, 0.1) is 0 Å². The van der Waals surface area contributed by atoms with Crippen molar-refractivity contribution in [2.75, 3.05) is 13.1 Å². The molecule has 3 aliphatic rings. The van der Waals surface area contributed by atoms with E-state index in [4.69, 9.17) is 32.7 Å². The summed E-state index contributed by atoms with van der Waals surface area (Å²) in [5.74, 6) is 0.0409. The Kier molecular flexibility index (Phi) is 5.18. The SMILES string of the molecule is CC(=O)N1CCC2(CC1)CC(=O)c1ccc3c(c1O2)[C@@H](c1ccc(Cl)cc1Cl)CC(=O)O3. The Hall–Kier alpha value is -2.57. The molecule has 3 aliphatic heterocycles. The molecule has 166 valence electrons. The van der Waals surface area contributed by atoms with Gasteiger partial charge in [-0.25, -0.2) is 0 Å². The molecule has 3 heterocycles. The molecule has 1 amide bonds. The molecule has 2 aromatic carbocycles. The van der Waals surface area contributed by atoms with Crippen molar-refractivity contribution in [2.45, 2.75) is 44.1 Å². The summed E-state index contributed by atoms with van der Waals surface area (Å²) in [6.45, 7) is 2.62. The fourth-order valence-electron chi connectivity index (χ4n) is 4.96. The smallest absolute Gasteiger partial charge is 0.312 e. The number of nitrogens with zero attached hydrogens (tertiary/aromatic N) is 1. The highest BCUT2D eigenvalue weighted by molar-refractivity contribution is 6.35. The van der Waals surface area contributed by atoms with E-state index in [2.05, 4.69) is 0 Å². The zero-order valence-electron chi connectivity index (χ0n) is 17.5. The largest absolute Gasteiger partial charge is 0.485 e. The highest BCUT2D eigenvalue weighted by atomic mass is 35.5. The summed E-state index contributed by atoms with van der Waals surface area (Å²) in [6, 6.07) is 8.47. The van der Waals surface area contributed by atoms with E-state index in [9.17, 15) is 14.4 Å². The maximum absolute atomic E-state index is 13.2. The van der Waals surface area contributed by atoms with Gasteiger partial charge >= 0.3 is 5.97 Å². The molecule has 0 saturated carbocycles. The zero-order chi connectivity index (χ0) is 22.6. The van der Waals surface area contributed by atoms with Crippen LogP contribution in [0.1, 0.15) is 60.0 Å². The first-order valence-electron chi connectivity index (χ1n) is 10.6. The molecule has 1 saturated heterocycles. The molecule has 1 spiro atoms. The third-order valence-electron chi connectivity index (χ3n) is 6.66. The van der Waals surface area contributed by atoms with Crippen molar-refractivity contribution >= 4 is 40.9 Å². The van der Waals surface area contributed by atoms with Gasteiger partial charge in [-0.05, 0) is 29.8 Å². The third-order valence-corrected chi connectivity index (χ3v) is 7.22. The zero-order valence-corrected chi connectivity index (χ0v) is 19.0. The Labute approximate surface area is 195 Å². The lowest BCUT2D eigenvalue weighted by molar-refractivity contribution is -0.135. The lowest BCUT2D eigenvalue weighted by atomic mass is 9.79. The van der Waals surface area contributed by atoms with Crippen LogP contribution in [-0.2, 0) is 9.59 Å². The van der Waals surface area contributed by atoms with E-state index in [-0.39, 0.29) is 30.5 Å². The van der Waals surface area contributed by atoms with Gasteiger partial charge in [0.1, 0.15) is 17.1 Å². The molecule has 5 rings (SSSR count). The number of ketones is 1. The van der Waals surface area contributed by atoms with Crippen LogP contribution in [0.4, 0.5) is 0 Å². The molecule has 0 bridgehead atoms. The van der Waals surface area contributed by atoms with Gasteiger partial charge in [0.25, 0.3) is 0 Å². The summed E-state index contributed by atoms with van der Waals surface area (Å²) in [4.78, 5) is 39.1. The number of benzene rings is 2. The van der Waals surface area contributed by atoms with Gasteiger partial charge < -0.3 is 14.4 Å². The molecular formula is C24H21Cl2NO5. The van der Waals surface area contributed by atoms with Crippen LogP contribution >= 0.6 is 23.2 Å². The third kappa shape index (κ3) is 3.55. The predicted molar refractivity (Wildman–Crippen MR) is 119 cm³/mol. The highest BCUT2D eigenvalue weighted by Crippen LogP contribution is 2.51. The fourth-order valence-corrected chi connectivity index (χ4v) is 5.50. The maximum atomic E-state index is 13.2. The standard InChI is InChI=1S/C24H21Cl2NO5/c1-13(28)27-8-6-24(7-9-27)12-19(29)16-4-5-20-22(23(16)32-24)17(11-21(30)31-20)15-3-2-14(25)10-18(15)26/h2-5,10,17H,6-9,11-12H2,1H3/t17-/m1/s1. The number of Topliss-reactive ketones (excluding diaryl/α,β-unsaturated/α-hetero) is 1. The van der Waals surface area contributed by atoms with Crippen molar-refractivity contribution in [1.82, 2.24) is 4.90 Å². The summed E-state index contributed by atoms with van der Waals surface area (Å²) in [5, 5.41) is 0.933. The van der Waals surface area contributed by atoms with Crippen molar-refractivity contribution in [1.29, 1.82) is 0 Å². The van der Waals surface area contributed by atoms with Gasteiger partial charge in [-0.1, -0.05) is 29.3 Å². The Bertz CT molecular complexity index is 1150. The van der Waals surface area contributed by atoms with Crippen molar-refractivity contribution in [3.63, 3.8) is 0 Å². The van der Waals surface area contributed by atoms with E-state index < -0.39 is 11.5 Å². The average Bonchev–Trinajstić information content (AvgIpc) is 2.73. The molecule has 6 nitrogen and oxygen atoms in total. The van der Waals surface area contributed by atoms with E-state index in [0.29, 0.717) is 58.6 Å². The first-order valence-corrected chi connectivity index (χ1v) is 11.3. The number of carbonyl (C=O) groups excluding carboxylic acids is 3. The number of carbonyl (C=O) groups is 3. The number of fused-ring (bicyclic) bond motifs is 3. The van der Waals surface area contributed by atoms with Gasteiger partial charge in [-0.3, -0.25) is 14.4 Å². The number of likely N-dealkylation sites (tertiary alicyclic amines) is 1. The van der Waals surface area contributed by atoms with Crippen LogP contribution in [0.5, 0.6) is 11.5 Å². The number of hydrogen-bond donors (Lipinski definition) is 0. The molecule has 32 heavy (non-hydrogen) atoms. The van der Waals surface area contributed by atoms with E-state index in [0.717, 1.165) is 5.56 Å². The molecule has 0 N–H and O–H groups in total. The van der Waals surface area contributed by atoms with E-state index in [1.54, 1.807) is 42.2 Å². The normalized spacial score (nSPS) is 21.5. The molecule has 1 fully saturated rings. The van der Waals surface area contributed by atoms with Crippen LogP contribution in [0.15, 0.2) is 30.3 Å². The van der Waals surface area contributed by atoms with Gasteiger partial charge in [0, 0.05) is 54.4 Å². The van der Waals surface area contributed by atoms with Gasteiger partial charge in [0.15, 0.2) is 5.78 Å². The molecule has 0 unspecified atom stereocenters. The number of halogens is 2. The van der Waals surface area contributed by atoms with Crippen LogP contribution in [0.2, 0.25) is 10.0 Å². The quantitative estimate of drug-likeness (QED) is 0.440. The molecule has 2 aromatic rings. The molecule has 0 radical (unpaired) electrons. The van der Waals surface area contributed by atoms with E-state index >= 15 is 0 Å². The number of amides is 1. The van der Waals surface area contributed by atoms with Gasteiger partial charge in [-0.15, -0.1) is 0 Å². The number of esters is 1. The summed E-state index contributed by atoms with van der Waals surface area (Å²) in [6.07, 6.45) is 1.46. The second-order valence-corrected chi connectivity index (χ2v) is 9.49. The minimum atomic E-state index is -0.680. The number of hydrogen-bond acceptors (Lipinski definition) is 5. The first-order chi connectivity index (χ1) is 15.3. The summed E-state index contributed by atoms with van der Waals surface area (Å²) >= 11 is 12.6. The maximum Gasteiger partial charge on any atom is 0.312 e. The predicted octanol–water partition coefficient (Wildman–Crippen LogP) is 4.78. The fraction of sp³-hybridized carbons (Fsp3) is 0.375. The number of ether oxygens (including phenoxy) is 2. The van der Waals surface area contributed by atoms with E-state index in [1.165, 1.54) is 0 Å². The lowest BCUT2D eigenvalue weighted by Crippen LogP contribution is -2.52. The Balaban J connectivity index is 1.60. The topological polar surface area (TPSA) is 72.9 Å². The van der Waals surface area contributed by atoms with Crippen molar-refractivity contribution in [3.05, 3.63) is 57.1 Å². The molecule has 0 aromatic heterocycles. The Morgan fingerprint density at radius 1 is 1.12 bits per heavy atom. The molecule has 0 aliphatic carbocycles. The van der Waals surface area contributed by atoms with Crippen LogP contribution in [0.3, 0.4) is 0 Å². The number of rotatable bonds is 1. The van der Waals surface area contributed by atoms with E-state index in [1.807, 2.05) is 0 Å². The molecular weight excluding hydrogens is 453 g/mol. The van der Waals surface area contributed by atoms with Crippen LogP contribution in [-0.4, -0.2) is 41.3 Å². The second kappa shape index (κ2) is 7.78. The van der Waals surface area contributed by atoms with Gasteiger partial charge in [-0.2, -0.15) is 0 Å². The van der Waals surface area contributed by atoms with Crippen LogP contribution in [0.25, 0.3) is 0 Å². The molecule has 1 atom stereocenters. The monoisotopic (exact) mass is 473 g/mol. The minimum absolute atomic E-state index is 0.0109. The van der Waals surface area contributed by atoms with Gasteiger partial charge in [0.05, 0.1) is 18.4 Å². The second-order valence-electron chi connectivity index (χ2n) is 8.64. The summed E-state index contributed by atoms with van der Waals surface area (Å²) in [5.41, 5.74) is 1.19. The first kappa shape index (κ1) is 21.3. The summed E-state index contributed by atoms with van der Waals surface area (Å²) in [7, 11) is 0. The minimum Gasteiger partial charge on any atom is -0.485 e. The highest BCUT2D eigenvalue weighted by Gasteiger charge is 2.46. The Morgan fingerprint density at radius 3 is 2.56 bits per heavy atom. The van der Waals surface area contributed by atoms with Gasteiger partial charge in [0.2, 0.25) is 5.91 Å². The Morgan fingerprint density at radius 2 is 1.88 bits per heavy atom. The van der Waals surface area contributed by atoms with Crippen molar-refractivity contribution in [3.8, 4) is 11.5 Å².